The van der Waals surface area contributed by atoms with Crippen LogP contribution < -0.4 is 10.6 Å². The molecule has 29 heavy (non-hydrogen) atoms. The zero-order valence-corrected chi connectivity index (χ0v) is 19.4. The molecule has 1 heterocycles. The lowest BCUT2D eigenvalue weighted by Crippen LogP contribution is -2.40. The lowest BCUT2D eigenvalue weighted by molar-refractivity contribution is 0.418. The van der Waals surface area contributed by atoms with Crippen LogP contribution in [0.1, 0.15) is 40.0 Å². The van der Waals surface area contributed by atoms with Crippen molar-refractivity contribution in [1.29, 1.82) is 0 Å². The van der Waals surface area contributed by atoms with Crippen molar-refractivity contribution in [2.75, 3.05) is 0 Å². The Balaban J connectivity index is 1.79. The lowest BCUT2D eigenvalue weighted by Gasteiger charge is -2.34. The third-order valence-electron chi connectivity index (χ3n) is 5.20. The van der Waals surface area contributed by atoms with Crippen molar-refractivity contribution in [3.05, 3.63) is 104 Å². The van der Waals surface area contributed by atoms with Gasteiger partial charge in [0.25, 0.3) is 0 Å². The van der Waals surface area contributed by atoms with E-state index in [0.717, 1.165) is 25.8 Å². The topological polar surface area (TPSA) is 44.3 Å². The Labute approximate surface area is 188 Å². The largest absolute Gasteiger partial charge is 0.508 e. The molecular weight excluding hydrogens is 492 g/mol. The zero-order chi connectivity index (χ0) is 20.5. The van der Waals surface area contributed by atoms with Crippen molar-refractivity contribution in [2.24, 2.45) is 0 Å². The van der Waals surface area contributed by atoms with E-state index in [0.29, 0.717) is 0 Å². The highest BCUT2D eigenvalue weighted by molar-refractivity contribution is 9.10. The Morgan fingerprint density at radius 3 is 2.28 bits per heavy atom. The molecule has 0 aliphatic carbocycles. The Hall–Kier alpha value is -2.08. The number of nitrogens with one attached hydrogen (secondary N) is 2. The minimum absolute atomic E-state index is 0.0809. The normalized spacial score (nSPS) is 18.8. The third kappa shape index (κ3) is 4.42. The number of hydrogen-bond donors (Lipinski definition) is 3. The summed E-state index contributed by atoms with van der Waals surface area (Å²) >= 11 is 7.04. The lowest BCUT2D eigenvalue weighted by atomic mass is 9.96. The number of hydrogen-bond acceptors (Lipinski definition) is 3. The summed E-state index contributed by atoms with van der Waals surface area (Å²) in [5.74, 6) is 0.276. The number of aromatic hydroxyl groups is 1. The SMILES string of the molecule is Cc1ccc(C2NC(c3ccc(Br)cc3)=CC(c3cc(Br)ccc3O)N2)c(C)c1. The number of phenols is 1. The molecule has 0 saturated carbocycles. The number of aryl methyl sites for hydroxylation is 2. The van der Waals surface area contributed by atoms with Crippen LogP contribution >= 0.6 is 31.9 Å². The van der Waals surface area contributed by atoms with Gasteiger partial charge in [0.1, 0.15) is 11.9 Å². The van der Waals surface area contributed by atoms with Gasteiger partial charge in [-0.1, -0.05) is 67.8 Å². The van der Waals surface area contributed by atoms with E-state index in [4.69, 9.17) is 0 Å². The highest BCUT2D eigenvalue weighted by Crippen LogP contribution is 2.35. The molecule has 0 spiro atoms. The van der Waals surface area contributed by atoms with Gasteiger partial charge in [-0.25, -0.2) is 0 Å². The Morgan fingerprint density at radius 1 is 0.828 bits per heavy atom. The van der Waals surface area contributed by atoms with Gasteiger partial charge in [0.05, 0.1) is 6.04 Å². The van der Waals surface area contributed by atoms with Crippen LogP contribution in [-0.4, -0.2) is 5.11 Å². The Kier molecular flexibility index (Phi) is 5.81. The molecule has 3 N–H and O–H groups in total. The van der Waals surface area contributed by atoms with Crippen LogP contribution in [0, 0.1) is 13.8 Å². The maximum Gasteiger partial charge on any atom is 0.120 e. The number of benzene rings is 3. The molecule has 4 rings (SSSR count). The molecule has 0 fully saturated rings. The summed E-state index contributed by atoms with van der Waals surface area (Å²) in [7, 11) is 0. The molecule has 3 aromatic rings. The van der Waals surface area contributed by atoms with Crippen molar-refractivity contribution in [3.63, 3.8) is 0 Å². The maximum atomic E-state index is 10.5. The number of rotatable bonds is 3. The Morgan fingerprint density at radius 2 is 1.55 bits per heavy atom. The van der Waals surface area contributed by atoms with Gasteiger partial charge in [-0.2, -0.15) is 0 Å². The van der Waals surface area contributed by atoms with E-state index >= 15 is 0 Å². The van der Waals surface area contributed by atoms with Crippen molar-refractivity contribution in [2.45, 2.75) is 26.1 Å². The van der Waals surface area contributed by atoms with E-state index in [9.17, 15) is 5.11 Å². The van der Waals surface area contributed by atoms with Gasteiger partial charge < -0.3 is 10.4 Å². The molecule has 148 valence electrons. The van der Waals surface area contributed by atoms with Crippen molar-refractivity contribution >= 4 is 37.6 Å². The molecule has 1 aliphatic heterocycles. The fourth-order valence-electron chi connectivity index (χ4n) is 3.72. The average Bonchev–Trinajstić information content (AvgIpc) is 2.70. The predicted molar refractivity (Wildman–Crippen MR) is 126 cm³/mol. The fourth-order valence-corrected chi connectivity index (χ4v) is 4.36. The highest BCUT2D eigenvalue weighted by atomic mass is 79.9. The van der Waals surface area contributed by atoms with Crippen LogP contribution in [-0.2, 0) is 0 Å². The summed E-state index contributed by atoms with van der Waals surface area (Å²) in [6.45, 7) is 4.24. The monoisotopic (exact) mass is 512 g/mol. The summed E-state index contributed by atoms with van der Waals surface area (Å²) in [5, 5.41) is 17.8. The van der Waals surface area contributed by atoms with Gasteiger partial charge in [-0.3, -0.25) is 5.32 Å². The molecule has 0 bridgehead atoms. The standard InChI is InChI=1S/C24H22Br2N2O/c1-14-3-9-19(15(2)11-14)24-27-21(16-4-6-17(25)7-5-16)13-22(28-24)20-12-18(26)8-10-23(20)29/h3-13,22,24,27-29H,1-2H3. The van der Waals surface area contributed by atoms with Gasteiger partial charge in [-0.15, -0.1) is 0 Å². The van der Waals surface area contributed by atoms with Crippen molar-refractivity contribution in [1.82, 2.24) is 10.6 Å². The second kappa shape index (κ2) is 8.34. The first kappa shape index (κ1) is 20.2. The molecule has 0 amide bonds. The summed E-state index contributed by atoms with van der Waals surface area (Å²) < 4.78 is 1.98. The van der Waals surface area contributed by atoms with Crippen molar-refractivity contribution < 1.29 is 5.11 Å². The maximum absolute atomic E-state index is 10.5. The van der Waals surface area contributed by atoms with Crippen LogP contribution in [0.3, 0.4) is 0 Å². The van der Waals surface area contributed by atoms with E-state index < -0.39 is 0 Å². The van der Waals surface area contributed by atoms with Gasteiger partial charge in [-0.05, 0) is 66.9 Å². The molecule has 3 nitrogen and oxygen atoms in total. The van der Waals surface area contributed by atoms with Gasteiger partial charge in [0, 0.05) is 20.2 Å². The Bertz CT molecular complexity index is 1080. The minimum atomic E-state index is -0.141. The van der Waals surface area contributed by atoms with Crippen LogP contribution in [0.25, 0.3) is 5.70 Å². The first-order valence-corrected chi connectivity index (χ1v) is 11.1. The second-order valence-electron chi connectivity index (χ2n) is 7.37. The zero-order valence-electron chi connectivity index (χ0n) is 16.2. The summed E-state index contributed by atoms with van der Waals surface area (Å²) in [4.78, 5) is 0. The average molecular weight is 514 g/mol. The third-order valence-corrected chi connectivity index (χ3v) is 6.22. The van der Waals surface area contributed by atoms with E-state index in [1.807, 2.05) is 24.3 Å². The quantitative estimate of drug-likeness (QED) is 0.374. The first-order chi connectivity index (χ1) is 13.9. The smallest absolute Gasteiger partial charge is 0.120 e. The van der Waals surface area contributed by atoms with E-state index in [2.05, 4.69) is 92.7 Å². The van der Waals surface area contributed by atoms with Gasteiger partial charge in [0.2, 0.25) is 0 Å². The molecule has 2 unspecified atom stereocenters. The number of halogens is 2. The summed E-state index contributed by atoms with van der Waals surface area (Å²) in [5.41, 5.74) is 6.63. The van der Waals surface area contributed by atoms with E-state index in [1.54, 1.807) is 6.07 Å². The molecule has 0 saturated heterocycles. The van der Waals surface area contributed by atoms with Gasteiger partial charge in [0.15, 0.2) is 0 Å². The fraction of sp³-hybridized carbons (Fsp3) is 0.167. The number of phenolic OH excluding ortho intramolecular Hbond substituents is 1. The first-order valence-electron chi connectivity index (χ1n) is 9.46. The molecule has 5 heteroatoms. The van der Waals surface area contributed by atoms with Crippen LogP contribution in [0.5, 0.6) is 5.75 Å². The van der Waals surface area contributed by atoms with Crippen molar-refractivity contribution in [3.8, 4) is 5.75 Å². The van der Waals surface area contributed by atoms with Crippen LogP contribution in [0.2, 0.25) is 0 Å². The van der Waals surface area contributed by atoms with Crippen LogP contribution in [0.15, 0.2) is 75.7 Å². The van der Waals surface area contributed by atoms with Gasteiger partial charge >= 0.3 is 0 Å². The van der Waals surface area contributed by atoms with E-state index in [1.165, 1.54) is 16.7 Å². The molecule has 2 atom stereocenters. The molecule has 3 aromatic carbocycles. The second-order valence-corrected chi connectivity index (χ2v) is 9.20. The predicted octanol–water partition coefficient (Wildman–Crippen LogP) is 6.51. The molecule has 1 aliphatic rings. The molecule has 0 aromatic heterocycles. The highest BCUT2D eigenvalue weighted by Gasteiger charge is 2.26. The summed E-state index contributed by atoms with van der Waals surface area (Å²) in [6.07, 6.45) is 2.05. The summed E-state index contributed by atoms with van der Waals surface area (Å²) in [6, 6.07) is 20.1. The molecule has 0 radical (unpaired) electrons. The molecular formula is C24H22Br2N2O. The minimum Gasteiger partial charge on any atom is -0.508 e. The van der Waals surface area contributed by atoms with E-state index in [-0.39, 0.29) is 18.0 Å². The van der Waals surface area contributed by atoms with Crippen LogP contribution in [0.4, 0.5) is 0 Å².